The molecule has 1 N–H and O–H groups in total. The fraction of sp³-hybridized carbons (Fsp3) is 0.600. The summed E-state index contributed by atoms with van der Waals surface area (Å²) in [7, 11) is 1.69. The van der Waals surface area contributed by atoms with Crippen LogP contribution in [0.2, 0.25) is 5.02 Å². The molecule has 0 aromatic heterocycles. The third kappa shape index (κ3) is 5.47. The van der Waals surface area contributed by atoms with Gasteiger partial charge in [0.15, 0.2) is 0 Å². The maximum Gasteiger partial charge on any atom is 0.142 e. The highest BCUT2D eigenvalue weighted by Gasteiger charge is 2.16. The van der Waals surface area contributed by atoms with E-state index in [1.807, 2.05) is 6.07 Å². The topological polar surface area (TPSA) is 21.3 Å². The lowest BCUT2D eigenvalue weighted by Crippen LogP contribution is -2.30. The van der Waals surface area contributed by atoms with Crippen LogP contribution in [0.4, 0.5) is 4.39 Å². The van der Waals surface area contributed by atoms with Crippen LogP contribution in [0.1, 0.15) is 19.4 Å². The summed E-state index contributed by atoms with van der Waals surface area (Å²) in [6, 6.07) is 5.01. The highest BCUT2D eigenvalue weighted by atomic mass is 35.5. The van der Waals surface area contributed by atoms with Gasteiger partial charge in [-0.2, -0.15) is 0 Å². The van der Waals surface area contributed by atoms with Crippen molar-refractivity contribution in [1.29, 1.82) is 0 Å². The van der Waals surface area contributed by atoms with Gasteiger partial charge in [0, 0.05) is 13.7 Å². The molecule has 0 bridgehead atoms. The Morgan fingerprint density at radius 1 is 1.37 bits per heavy atom. The number of nitrogens with one attached hydrogen (secondary N) is 1. The highest BCUT2D eigenvalue weighted by Crippen LogP contribution is 2.24. The first-order valence-corrected chi connectivity index (χ1v) is 7.06. The van der Waals surface area contributed by atoms with Crippen LogP contribution in [0, 0.1) is 17.7 Å². The third-order valence-corrected chi connectivity index (χ3v) is 3.77. The molecule has 0 aliphatic carbocycles. The standard InChI is InChI=1S/C15H23ClFNO/c1-11(2)13(10-18-7-8-19-3)9-12-5-4-6-14(17)15(12)16/h4-6,11,13,18H,7-10H2,1-3H3. The third-order valence-electron chi connectivity index (χ3n) is 3.35. The maximum atomic E-state index is 13.4. The second-order valence-corrected chi connectivity index (χ2v) is 5.50. The van der Waals surface area contributed by atoms with E-state index in [2.05, 4.69) is 19.2 Å². The molecule has 4 heteroatoms. The zero-order chi connectivity index (χ0) is 14.3. The lowest BCUT2D eigenvalue weighted by molar-refractivity contribution is 0.196. The van der Waals surface area contributed by atoms with Crippen molar-refractivity contribution in [2.45, 2.75) is 20.3 Å². The molecule has 0 spiro atoms. The molecule has 0 aliphatic rings. The van der Waals surface area contributed by atoms with Crippen LogP contribution in [0.3, 0.4) is 0 Å². The van der Waals surface area contributed by atoms with Crippen molar-refractivity contribution in [3.8, 4) is 0 Å². The Hall–Kier alpha value is -0.640. The van der Waals surface area contributed by atoms with Gasteiger partial charge in [0.05, 0.1) is 11.6 Å². The summed E-state index contributed by atoms with van der Waals surface area (Å²) in [4.78, 5) is 0. The fourth-order valence-corrected chi connectivity index (χ4v) is 2.20. The van der Waals surface area contributed by atoms with Crippen molar-refractivity contribution in [3.63, 3.8) is 0 Å². The number of ether oxygens (including phenoxy) is 1. The second kappa shape index (κ2) is 8.51. The zero-order valence-electron chi connectivity index (χ0n) is 11.9. The minimum atomic E-state index is -0.339. The van der Waals surface area contributed by atoms with E-state index >= 15 is 0 Å². The minimum absolute atomic E-state index is 0.255. The van der Waals surface area contributed by atoms with Crippen LogP contribution >= 0.6 is 11.6 Å². The molecule has 1 unspecified atom stereocenters. The molecule has 1 aromatic carbocycles. The van der Waals surface area contributed by atoms with Crippen molar-refractivity contribution in [1.82, 2.24) is 5.32 Å². The van der Waals surface area contributed by atoms with Crippen molar-refractivity contribution in [2.24, 2.45) is 11.8 Å². The molecular weight excluding hydrogens is 265 g/mol. The van der Waals surface area contributed by atoms with E-state index in [0.717, 1.165) is 25.1 Å². The summed E-state index contributed by atoms with van der Waals surface area (Å²) in [6.07, 6.45) is 0.786. The van der Waals surface area contributed by atoms with E-state index < -0.39 is 0 Å². The molecule has 19 heavy (non-hydrogen) atoms. The predicted molar refractivity (Wildman–Crippen MR) is 78.2 cm³/mol. The van der Waals surface area contributed by atoms with E-state index in [-0.39, 0.29) is 10.8 Å². The van der Waals surface area contributed by atoms with E-state index in [9.17, 15) is 4.39 Å². The molecule has 0 heterocycles. The molecule has 1 atom stereocenters. The Kier molecular flexibility index (Phi) is 7.36. The number of benzene rings is 1. The molecule has 2 nitrogen and oxygen atoms in total. The van der Waals surface area contributed by atoms with Crippen molar-refractivity contribution < 1.29 is 9.13 Å². The lowest BCUT2D eigenvalue weighted by Gasteiger charge is -2.22. The van der Waals surface area contributed by atoms with Crippen molar-refractivity contribution >= 4 is 11.6 Å². The SMILES string of the molecule is COCCNCC(Cc1cccc(F)c1Cl)C(C)C. The van der Waals surface area contributed by atoms with Gasteiger partial charge in [0.1, 0.15) is 5.82 Å². The van der Waals surface area contributed by atoms with Gasteiger partial charge in [-0.1, -0.05) is 37.6 Å². The Balaban J connectivity index is 2.60. The van der Waals surface area contributed by atoms with E-state index in [4.69, 9.17) is 16.3 Å². The summed E-state index contributed by atoms with van der Waals surface area (Å²) in [5.74, 6) is 0.597. The molecule has 1 rings (SSSR count). The number of hydrogen-bond acceptors (Lipinski definition) is 2. The first-order chi connectivity index (χ1) is 9.06. The first kappa shape index (κ1) is 16.4. The van der Waals surface area contributed by atoms with Gasteiger partial charge in [0.25, 0.3) is 0 Å². The minimum Gasteiger partial charge on any atom is -0.383 e. The zero-order valence-corrected chi connectivity index (χ0v) is 12.6. The summed E-state index contributed by atoms with van der Waals surface area (Å²) >= 11 is 6.01. The van der Waals surface area contributed by atoms with E-state index in [0.29, 0.717) is 18.4 Å². The van der Waals surface area contributed by atoms with E-state index in [1.165, 1.54) is 6.07 Å². The number of methoxy groups -OCH3 is 1. The van der Waals surface area contributed by atoms with Gasteiger partial charge in [-0.15, -0.1) is 0 Å². The van der Waals surface area contributed by atoms with Gasteiger partial charge >= 0.3 is 0 Å². The monoisotopic (exact) mass is 287 g/mol. The number of hydrogen-bond donors (Lipinski definition) is 1. The van der Waals surface area contributed by atoms with Gasteiger partial charge < -0.3 is 10.1 Å². The molecule has 1 aromatic rings. The molecule has 108 valence electrons. The molecular formula is C15H23ClFNO. The normalized spacial score (nSPS) is 12.9. The number of rotatable bonds is 8. The Bertz CT molecular complexity index is 384. The van der Waals surface area contributed by atoms with Crippen LogP contribution < -0.4 is 5.32 Å². The molecule has 0 saturated carbocycles. The molecule has 0 amide bonds. The van der Waals surface area contributed by atoms with Crippen molar-refractivity contribution in [2.75, 3.05) is 26.8 Å². The molecule has 0 aliphatic heterocycles. The molecule has 0 fully saturated rings. The van der Waals surface area contributed by atoms with Gasteiger partial charge in [-0.25, -0.2) is 4.39 Å². The Morgan fingerprint density at radius 3 is 2.74 bits per heavy atom. The van der Waals surface area contributed by atoms with Crippen molar-refractivity contribution in [3.05, 3.63) is 34.6 Å². The highest BCUT2D eigenvalue weighted by molar-refractivity contribution is 6.31. The molecule has 0 saturated heterocycles. The Morgan fingerprint density at radius 2 is 2.11 bits per heavy atom. The van der Waals surface area contributed by atoms with E-state index in [1.54, 1.807) is 13.2 Å². The maximum absolute atomic E-state index is 13.4. The van der Waals surface area contributed by atoms with Crippen LogP contribution in [-0.4, -0.2) is 26.8 Å². The summed E-state index contributed by atoms with van der Waals surface area (Å²) in [5.41, 5.74) is 0.883. The molecule has 0 radical (unpaired) electrons. The average Bonchev–Trinajstić information content (AvgIpc) is 2.37. The summed E-state index contributed by atoms with van der Waals surface area (Å²) < 4.78 is 18.4. The summed E-state index contributed by atoms with van der Waals surface area (Å²) in [6.45, 7) is 6.77. The van der Waals surface area contributed by atoms with Gasteiger partial charge in [-0.05, 0) is 36.4 Å². The number of halogens is 2. The smallest absolute Gasteiger partial charge is 0.142 e. The van der Waals surface area contributed by atoms with Crippen LogP contribution in [0.15, 0.2) is 18.2 Å². The predicted octanol–water partition coefficient (Wildman–Crippen LogP) is 3.53. The van der Waals surface area contributed by atoms with Gasteiger partial charge in [0.2, 0.25) is 0 Å². The average molecular weight is 288 g/mol. The second-order valence-electron chi connectivity index (χ2n) is 5.12. The Labute approximate surface area is 120 Å². The van der Waals surface area contributed by atoms with Crippen LogP contribution in [0.5, 0.6) is 0 Å². The fourth-order valence-electron chi connectivity index (χ4n) is 1.99. The quantitative estimate of drug-likeness (QED) is 0.739. The van der Waals surface area contributed by atoms with Gasteiger partial charge in [-0.3, -0.25) is 0 Å². The van der Waals surface area contributed by atoms with Crippen LogP contribution in [0.25, 0.3) is 0 Å². The lowest BCUT2D eigenvalue weighted by atomic mass is 9.89. The first-order valence-electron chi connectivity index (χ1n) is 6.68. The largest absolute Gasteiger partial charge is 0.383 e. The summed E-state index contributed by atoms with van der Waals surface area (Å²) in [5, 5.41) is 3.61. The van der Waals surface area contributed by atoms with Crippen LogP contribution in [-0.2, 0) is 11.2 Å².